The molecule has 0 aliphatic heterocycles. The van der Waals surface area contributed by atoms with Gasteiger partial charge in [0.25, 0.3) is 0 Å². The summed E-state index contributed by atoms with van der Waals surface area (Å²) in [6, 6.07) is 13.7. The number of benzene rings is 1. The zero-order valence-electron chi connectivity index (χ0n) is 11.7. The van der Waals surface area contributed by atoms with E-state index < -0.39 is 0 Å². The molecule has 0 unspecified atom stereocenters. The molecule has 0 spiro atoms. The van der Waals surface area contributed by atoms with Gasteiger partial charge in [-0.15, -0.1) is 0 Å². The Balaban J connectivity index is 2.01. The van der Waals surface area contributed by atoms with Gasteiger partial charge in [-0.25, -0.2) is 0 Å². The first-order chi connectivity index (χ1) is 9.69. The van der Waals surface area contributed by atoms with Crippen molar-refractivity contribution in [2.75, 3.05) is 11.9 Å². The molecule has 0 fully saturated rings. The molecule has 1 aromatic heterocycles. The lowest BCUT2D eigenvalue weighted by atomic mass is 10.2. The molecule has 1 heterocycles. The molecule has 0 radical (unpaired) electrons. The second-order valence-corrected chi connectivity index (χ2v) is 4.53. The van der Waals surface area contributed by atoms with Crippen LogP contribution in [0, 0.1) is 25.2 Å². The Morgan fingerprint density at radius 3 is 2.85 bits per heavy atom. The number of nitrogens with one attached hydrogen (secondary N) is 1. The summed E-state index contributed by atoms with van der Waals surface area (Å²) in [4.78, 5) is 4.42. The van der Waals surface area contributed by atoms with Crippen molar-refractivity contribution in [2.24, 2.45) is 0 Å². The molecule has 0 bridgehead atoms. The molecule has 20 heavy (non-hydrogen) atoms. The highest BCUT2D eigenvalue weighted by atomic mass is 16.5. The molecule has 0 aliphatic rings. The first kappa shape index (κ1) is 13.9. The van der Waals surface area contributed by atoms with Crippen molar-refractivity contribution >= 4 is 5.69 Å². The molecule has 0 atom stereocenters. The van der Waals surface area contributed by atoms with Crippen LogP contribution >= 0.6 is 0 Å². The summed E-state index contributed by atoms with van der Waals surface area (Å²) in [6.45, 7) is 4.72. The van der Waals surface area contributed by atoms with Crippen LogP contribution in [0.2, 0.25) is 0 Å². The minimum absolute atomic E-state index is 0.0673. The maximum atomic E-state index is 8.51. The number of aromatic nitrogens is 1. The maximum Gasteiger partial charge on any atom is 0.174 e. The molecule has 2 aromatic rings. The Kier molecular flexibility index (Phi) is 4.56. The smallest absolute Gasteiger partial charge is 0.174 e. The van der Waals surface area contributed by atoms with Crippen molar-refractivity contribution in [3.63, 3.8) is 0 Å². The molecule has 0 saturated heterocycles. The SMILES string of the molecule is Cc1ccc(NCc2cccc(OCC#N)c2)c(C)n1. The standard InChI is InChI=1S/C16H17N3O/c1-12-6-7-16(13(2)19-12)18-11-14-4-3-5-15(10-14)20-9-8-17/h3-7,10,18H,9,11H2,1-2H3. The summed E-state index contributed by atoms with van der Waals surface area (Å²) in [5, 5.41) is 11.9. The average Bonchev–Trinajstić information content (AvgIpc) is 2.45. The second-order valence-electron chi connectivity index (χ2n) is 4.53. The van der Waals surface area contributed by atoms with E-state index in [1.54, 1.807) is 0 Å². The highest BCUT2D eigenvalue weighted by Gasteiger charge is 2.01. The number of nitrogens with zero attached hydrogens (tertiary/aromatic N) is 2. The fraction of sp³-hybridized carbons (Fsp3) is 0.250. The Bertz CT molecular complexity index is 632. The van der Waals surface area contributed by atoms with Crippen molar-refractivity contribution in [1.82, 2.24) is 4.98 Å². The van der Waals surface area contributed by atoms with Crippen molar-refractivity contribution in [3.05, 3.63) is 53.3 Å². The van der Waals surface area contributed by atoms with Crippen LogP contribution in [0.25, 0.3) is 0 Å². The van der Waals surface area contributed by atoms with Gasteiger partial charge in [0.1, 0.15) is 11.8 Å². The predicted molar refractivity (Wildman–Crippen MR) is 78.6 cm³/mol. The van der Waals surface area contributed by atoms with Crippen molar-refractivity contribution < 1.29 is 4.74 Å². The van der Waals surface area contributed by atoms with Crippen molar-refractivity contribution in [2.45, 2.75) is 20.4 Å². The number of ether oxygens (including phenoxy) is 1. The Labute approximate surface area is 119 Å². The van der Waals surface area contributed by atoms with Crippen molar-refractivity contribution in [1.29, 1.82) is 5.26 Å². The minimum Gasteiger partial charge on any atom is -0.479 e. The number of hydrogen-bond acceptors (Lipinski definition) is 4. The third kappa shape index (κ3) is 3.72. The molecule has 2 rings (SSSR count). The quantitative estimate of drug-likeness (QED) is 0.903. The van der Waals surface area contributed by atoms with Gasteiger partial charge in [0.05, 0.1) is 11.4 Å². The van der Waals surface area contributed by atoms with Gasteiger partial charge >= 0.3 is 0 Å². The van der Waals surface area contributed by atoms with E-state index in [1.165, 1.54) is 0 Å². The molecule has 0 aliphatic carbocycles. The topological polar surface area (TPSA) is 57.9 Å². The third-order valence-electron chi connectivity index (χ3n) is 2.91. The number of nitriles is 1. The normalized spacial score (nSPS) is 9.85. The van der Waals surface area contributed by atoms with E-state index in [0.29, 0.717) is 12.3 Å². The molecule has 0 amide bonds. The van der Waals surface area contributed by atoms with Gasteiger partial charge in [-0.1, -0.05) is 12.1 Å². The Hall–Kier alpha value is -2.54. The lowest BCUT2D eigenvalue weighted by Gasteiger charge is -2.10. The lowest BCUT2D eigenvalue weighted by molar-refractivity contribution is 0.368. The van der Waals surface area contributed by atoms with Crippen LogP contribution < -0.4 is 10.1 Å². The zero-order valence-corrected chi connectivity index (χ0v) is 11.7. The highest BCUT2D eigenvalue weighted by Crippen LogP contribution is 2.17. The van der Waals surface area contributed by atoms with Gasteiger partial charge in [0, 0.05) is 12.2 Å². The Morgan fingerprint density at radius 2 is 2.10 bits per heavy atom. The number of hydrogen-bond donors (Lipinski definition) is 1. The molecular weight excluding hydrogens is 250 g/mol. The summed E-state index contributed by atoms with van der Waals surface area (Å²) in [7, 11) is 0. The molecule has 1 aromatic carbocycles. The van der Waals surface area contributed by atoms with Gasteiger partial charge in [0.15, 0.2) is 6.61 Å². The van der Waals surface area contributed by atoms with E-state index in [-0.39, 0.29) is 6.61 Å². The van der Waals surface area contributed by atoms with Gasteiger partial charge in [0.2, 0.25) is 0 Å². The number of rotatable bonds is 5. The van der Waals surface area contributed by atoms with Crippen molar-refractivity contribution in [3.8, 4) is 11.8 Å². The number of pyridine rings is 1. The van der Waals surface area contributed by atoms with E-state index in [0.717, 1.165) is 22.6 Å². The molecule has 0 saturated carbocycles. The van der Waals surface area contributed by atoms with Crippen LogP contribution in [0.1, 0.15) is 17.0 Å². The van der Waals surface area contributed by atoms with Gasteiger partial charge in [-0.05, 0) is 43.7 Å². The van der Waals surface area contributed by atoms with Crippen LogP contribution in [-0.2, 0) is 6.54 Å². The summed E-state index contributed by atoms with van der Waals surface area (Å²) >= 11 is 0. The highest BCUT2D eigenvalue weighted by molar-refractivity contribution is 5.48. The second kappa shape index (κ2) is 6.58. The number of anilines is 1. The van der Waals surface area contributed by atoms with Gasteiger partial charge in [-0.3, -0.25) is 4.98 Å². The molecule has 102 valence electrons. The van der Waals surface area contributed by atoms with E-state index >= 15 is 0 Å². The zero-order chi connectivity index (χ0) is 14.4. The number of aryl methyl sites for hydroxylation is 2. The fourth-order valence-corrected chi connectivity index (χ4v) is 1.93. The monoisotopic (exact) mass is 267 g/mol. The van der Waals surface area contributed by atoms with Crippen LogP contribution in [0.5, 0.6) is 5.75 Å². The maximum absolute atomic E-state index is 8.51. The Morgan fingerprint density at radius 1 is 1.25 bits per heavy atom. The summed E-state index contributed by atoms with van der Waals surface area (Å²) in [6.07, 6.45) is 0. The fourth-order valence-electron chi connectivity index (χ4n) is 1.93. The summed E-state index contributed by atoms with van der Waals surface area (Å²) < 4.78 is 5.29. The van der Waals surface area contributed by atoms with E-state index in [9.17, 15) is 0 Å². The minimum atomic E-state index is 0.0673. The molecule has 4 heteroatoms. The van der Waals surface area contributed by atoms with Crippen LogP contribution in [-0.4, -0.2) is 11.6 Å². The predicted octanol–water partition coefficient (Wildman–Crippen LogP) is 3.21. The van der Waals surface area contributed by atoms with Gasteiger partial charge < -0.3 is 10.1 Å². The van der Waals surface area contributed by atoms with Crippen LogP contribution in [0.15, 0.2) is 36.4 Å². The summed E-state index contributed by atoms with van der Waals surface area (Å²) in [5.74, 6) is 0.713. The van der Waals surface area contributed by atoms with E-state index in [1.807, 2.05) is 56.3 Å². The van der Waals surface area contributed by atoms with Gasteiger partial charge in [-0.2, -0.15) is 5.26 Å². The van der Waals surface area contributed by atoms with Crippen LogP contribution in [0.3, 0.4) is 0 Å². The van der Waals surface area contributed by atoms with Crippen LogP contribution in [0.4, 0.5) is 5.69 Å². The first-order valence-corrected chi connectivity index (χ1v) is 6.46. The average molecular weight is 267 g/mol. The molecular formula is C16H17N3O. The summed E-state index contributed by atoms with van der Waals surface area (Å²) in [5.41, 5.74) is 4.13. The third-order valence-corrected chi connectivity index (χ3v) is 2.91. The molecule has 4 nitrogen and oxygen atoms in total. The lowest BCUT2D eigenvalue weighted by Crippen LogP contribution is -2.03. The largest absolute Gasteiger partial charge is 0.479 e. The van der Waals surface area contributed by atoms with E-state index in [4.69, 9.17) is 10.00 Å². The first-order valence-electron chi connectivity index (χ1n) is 6.46. The van der Waals surface area contributed by atoms with E-state index in [2.05, 4.69) is 10.3 Å². The molecule has 1 N–H and O–H groups in total.